The van der Waals surface area contributed by atoms with Gasteiger partial charge in [0.05, 0.1) is 12.2 Å². The van der Waals surface area contributed by atoms with E-state index in [0.29, 0.717) is 12.1 Å². The average Bonchev–Trinajstić information content (AvgIpc) is 2.86. The van der Waals surface area contributed by atoms with Crippen molar-refractivity contribution in [3.05, 3.63) is 52.3 Å². The number of aromatic nitrogens is 2. The monoisotopic (exact) mass is 370 g/mol. The van der Waals surface area contributed by atoms with Gasteiger partial charge in [-0.25, -0.2) is 4.99 Å². The molecule has 0 spiro atoms. The van der Waals surface area contributed by atoms with E-state index in [0.717, 1.165) is 30.2 Å². The average molecular weight is 371 g/mol. The van der Waals surface area contributed by atoms with Crippen LogP contribution >= 0.6 is 0 Å². The summed E-state index contributed by atoms with van der Waals surface area (Å²) >= 11 is 0. The zero-order valence-corrected chi connectivity index (χ0v) is 16.8. The Morgan fingerprint density at radius 2 is 1.96 bits per heavy atom. The Morgan fingerprint density at radius 1 is 1.30 bits per heavy atom. The summed E-state index contributed by atoms with van der Waals surface area (Å²) < 4.78 is 1.92. The van der Waals surface area contributed by atoms with Gasteiger partial charge in [-0.15, -0.1) is 0 Å². The van der Waals surface area contributed by atoms with Gasteiger partial charge in [0.25, 0.3) is 0 Å². The summed E-state index contributed by atoms with van der Waals surface area (Å²) in [6.07, 6.45) is 0.878. The van der Waals surface area contributed by atoms with E-state index in [1.165, 1.54) is 11.3 Å². The van der Waals surface area contributed by atoms with E-state index in [2.05, 4.69) is 34.6 Å². The third kappa shape index (κ3) is 5.57. The maximum absolute atomic E-state index is 11.2. The number of aliphatic imine (C=N–C) groups is 1. The highest BCUT2D eigenvalue weighted by Crippen LogP contribution is 2.14. The quantitative estimate of drug-likeness (QED) is 0.511. The van der Waals surface area contributed by atoms with E-state index in [1.807, 2.05) is 37.7 Å². The minimum atomic E-state index is -0.421. The molecular weight excluding hydrogens is 340 g/mol. The Labute approximate surface area is 161 Å². The van der Waals surface area contributed by atoms with Crippen molar-refractivity contribution in [3.63, 3.8) is 0 Å². The van der Waals surface area contributed by atoms with Crippen molar-refractivity contribution in [1.82, 2.24) is 20.4 Å². The standard InChI is InChI=1S/C20H30N6O/c1-6-22-20(23-12-16-7-9-17(10-8-16)19(21)27)24-13(2)11-18-14(3)25-26(5)15(18)4/h7-10,13H,6,11-12H2,1-5H3,(H2,21,27)(H2,22,23,24). The molecule has 0 aliphatic heterocycles. The number of nitrogens with one attached hydrogen (secondary N) is 2. The smallest absolute Gasteiger partial charge is 0.248 e. The molecule has 0 saturated carbocycles. The number of hydrogen-bond acceptors (Lipinski definition) is 3. The molecule has 146 valence electrons. The number of guanidine groups is 1. The molecule has 1 aromatic carbocycles. The largest absolute Gasteiger partial charge is 0.366 e. The second-order valence-electron chi connectivity index (χ2n) is 6.78. The maximum Gasteiger partial charge on any atom is 0.248 e. The molecule has 7 nitrogen and oxygen atoms in total. The predicted octanol–water partition coefficient (Wildman–Crippen LogP) is 1.82. The van der Waals surface area contributed by atoms with Crippen LogP contribution in [0.1, 0.15) is 46.7 Å². The van der Waals surface area contributed by atoms with Crippen LogP contribution in [0.2, 0.25) is 0 Å². The van der Waals surface area contributed by atoms with Gasteiger partial charge in [0.2, 0.25) is 5.91 Å². The van der Waals surface area contributed by atoms with Gasteiger partial charge >= 0.3 is 0 Å². The highest BCUT2D eigenvalue weighted by Gasteiger charge is 2.14. The van der Waals surface area contributed by atoms with E-state index >= 15 is 0 Å². The fraction of sp³-hybridized carbons (Fsp3) is 0.450. The number of amides is 1. The first-order chi connectivity index (χ1) is 12.8. The Hall–Kier alpha value is -2.83. The van der Waals surface area contributed by atoms with Crippen LogP contribution in [0.5, 0.6) is 0 Å². The fourth-order valence-corrected chi connectivity index (χ4v) is 2.97. The summed E-state index contributed by atoms with van der Waals surface area (Å²) in [5, 5.41) is 11.2. The van der Waals surface area contributed by atoms with Crippen molar-refractivity contribution in [2.24, 2.45) is 17.8 Å². The van der Waals surface area contributed by atoms with E-state index in [-0.39, 0.29) is 6.04 Å². The Morgan fingerprint density at radius 3 is 2.48 bits per heavy atom. The van der Waals surface area contributed by atoms with Crippen LogP contribution in [0.3, 0.4) is 0 Å². The molecule has 0 bridgehead atoms. The van der Waals surface area contributed by atoms with E-state index in [4.69, 9.17) is 5.73 Å². The molecule has 7 heteroatoms. The van der Waals surface area contributed by atoms with Gasteiger partial charge in [-0.05, 0) is 57.4 Å². The van der Waals surface area contributed by atoms with Gasteiger partial charge in [0, 0.05) is 30.9 Å². The van der Waals surface area contributed by atoms with Crippen LogP contribution in [0.4, 0.5) is 0 Å². The zero-order valence-electron chi connectivity index (χ0n) is 16.8. The minimum absolute atomic E-state index is 0.210. The Bertz CT molecular complexity index is 807. The lowest BCUT2D eigenvalue weighted by atomic mass is 10.1. The normalized spacial score (nSPS) is 12.7. The first-order valence-corrected chi connectivity index (χ1v) is 9.24. The number of carbonyl (C=O) groups excluding carboxylic acids is 1. The van der Waals surface area contributed by atoms with Crippen molar-refractivity contribution >= 4 is 11.9 Å². The molecule has 1 heterocycles. The molecule has 0 saturated heterocycles. The van der Waals surface area contributed by atoms with Gasteiger partial charge in [-0.1, -0.05) is 12.1 Å². The summed E-state index contributed by atoms with van der Waals surface area (Å²) in [5.41, 5.74) is 10.3. The first-order valence-electron chi connectivity index (χ1n) is 9.24. The molecule has 0 aliphatic carbocycles. The predicted molar refractivity (Wildman–Crippen MR) is 109 cm³/mol. The second kappa shape index (κ2) is 9.21. The number of primary amides is 1. The molecule has 4 N–H and O–H groups in total. The molecule has 1 aromatic heterocycles. The van der Waals surface area contributed by atoms with Crippen molar-refractivity contribution < 1.29 is 4.79 Å². The molecule has 2 aromatic rings. The van der Waals surface area contributed by atoms with Crippen molar-refractivity contribution in [2.45, 2.75) is 46.7 Å². The topological polar surface area (TPSA) is 97.3 Å². The Kier molecular flexibility index (Phi) is 6.98. The maximum atomic E-state index is 11.2. The molecule has 1 atom stereocenters. The van der Waals surface area contributed by atoms with Crippen LogP contribution in [-0.2, 0) is 20.0 Å². The van der Waals surface area contributed by atoms with Crippen molar-refractivity contribution in [2.75, 3.05) is 6.54 Å². The van der Waals surface area contributed by atoms with Gasteiger partial charge in [-0.2, -0.15) is 5.10 Å². The zero-order chi connectivity index (χ0) is 20.0. The highest BCUT2D eigenvalue weighted by atomic mass is 16.1. The molecular formula is C20H30N6O. The van der Waals surface area contributed by atoms with E-state index in [1.54, 1.807) is 12.1 Å². The van der Waals surface area contributed by atoms with Crippen molar-refractivity contribution in [3.8, 4) is 0 Å². The number of rotatable bonds is 7. The molecule has 27 heavy (non-hydrogen) atoms. The third-order valence-electron chi connectivity index (χ3n) is 4.55. The van der Waals surface area contributed by atoms with Gasteiger partial charge in [0.1, 0.15) is 0 Å². The number of hydrogen-bond donors (Lipinski definition) is 3. The second-order valence-corrected chi connectivity index (χ2v) is 6.78. The molecule has 0 aliphatic rings. The number of nitrogens with zero attached hydrogens (tertiary/aromatic N) is 3. The number of carbonyl (C=O) groups is 1. The summed E-state index contributed by atoms with van der Waals surface area (Å²) in [6.45, 7) is 9.62. The molecule has 0 fully saturated rings. The van der Waals surface area contributed by atoms with Gasteiger partial charge < -0.3 is 16.4 Å². The molecule has 1 unspecified atom stereocenters. The van der Waals surface area contributed by atoms with Crippen LogP contribution in [-0.4, -0.2) is 34.2 Å². The van der Waals surface area contributed by atoms with Crippen LogP contribution in [0.25, 0.3) is 0 Å². The highest BCUT2D eigenvalue weighted by molar-refractivity contribution is 5.92. The SMILES string of the molecule is CCNC(=NCc1ccc(C(N)=O)cc1)NC(C)Cc1c(C)nn(C)c1C. The summed E-state index contributed by atoms with van der Waals surface area (Å²) in [7, 11) is 1.97. The van der Waals surface area contributed by atoms with Crippen molar-refractivity contribution in [1.29, 1.82) is 0 Å². The minimum Gasteiger partial charge on any atom is -0.366 e. The molecule has 0 radical (unpaired) electrons. The van der Waals surface area contributed by atoms with Gasteiger partial charge in [-0.3, -0.25) is 9.48 Å². The fourth-order valence-electron chi connectivity index (χ4n) is 2.97. The molecule has 1 amide bonds. The van der Waals surface area contributed by atoms with Gasteiger partial charge in [0.15, 0.2) is 5.96 Å². The summed E-state index contributed by atoms with van der Waals surface area (Å²) in [4.78, 5) is 15.8. The number of aryl methyl sites for hydroxylation is 2. The van der Waals surface area contributed by atoms with Crippen LogP contribution in [0, 0.1) is 13.8 Å². The summed E-state index contributed by atoms with van der Waals surface area (Å²) in [6, 6.07) is 7.41. The summed E-state index contributed by atoms with van der Waals surface area (Å²) in [5.74, 6) is 0.345. The molecule has 2 rings (SSSR count). The number of benzene rings is 1. The lowest BCUT2D eigenvalue weighted by Gasteiger charge is -2.18. The van der Waals surface area contributed by atoms with E-state index in [9.17, 15) is 4.79 Å². The number of nitrogens with two attached hydrogens (primary N) is 1. The first kappa shape index (κ1) is 20.5. The van der Waals surface area contributed by atoms with Crippen LogP contribution < -0.4 is 16.4 Å². The Balaban J connectivity index is 2.02. The van der Waals surface area contributed by atoms with Crippen LogP contribution in [0.15, 0.2) is 29.3 Å². The lowest BCUT2D eigenvalue weighted by molar-refractivity contribution is 0.100. The lowest BCUT2D eigenvalue weighted by Crippen LogP contribution is -2.43. The third-order valence-corrected chi connectivity index (χ3v) is 4.55. The van der Waals surface area contributed by atoms with E-state index < -0.39 is 5.91 Å².